The number of rotatable bonds is 5. The Morgan fingerprint density at radius 1 is 1.18 bits per heavy atom. The Morgan fingerprint density at radius 2 is 1.82 bits per heavy atom. The third kappa shape index (κ3) is 3.60. The Morgan fingerprint density at radius 3 is 2.36 bits per heavy atom. The summed E-state index contributed by atoms with van der Waals surface area (Å²) in [6.07, 6.45) is 0. The van der Waals surface area contributed by atoms with Crippen LogP contribution in [-0.4, -0.2) is 13.3 Å². The first kappa shape index (κ1) is 15.9. The maximum atomic E-state index is 11.3. The molecule has 3 N–H and O–H groups in total. The molecular weight excluding hydrogens is 306 g/mol. The first-order valence-corrected chi connectivity index (χ1v) is 7.96. The first-order valence-electron chi connectivity index (χ1n) is 6.42. The van der Waals surface area contributed by atoms with Crippen molar-refractivity contribution in [1.29, 1.82) is 0 Å². The van der Waals surface area contributed by atoms with Gasteiger partial charge in [0.25, 0.3) is 5.69 Å². The van der Waals surface area contributed by atoms with Crippen LogP contribution in [0.2, 0.25) is 0 Å². The molecule has 0 aliphatic carbocycles. The fourth-order valence-corrected chi connectivity index (χ4v) is 2.55. The van der Waals surface area contributed by atoms with E-state index in [0.717, 1.165) is 11.6 Å². The van der Waals surface area contributed by atoms with Gasteiger partial charge in [0.05, 0.1) is 9.82 Å². The summed E-state index contributed by atoms with van der Waals surface area (Å²) >= 11 is 0. The number of nitrogens with zero attached hydrogens (tertiary/aromatic N) is 1. The van der Waals surface area contributed by atoms with Gasteiger partial charge >= 0.3 is 0 Å². The minimum Gasteiger partial charge on any atom is -0.373 e. The van der Waals surface area contributed by atoms with Crippen molar-refractivity contribution in [1.82, 2.24) is 0 Å². The lowest BCUT2D eigenvalue weighted by atomic mass is 10.1. The molecule has 2 rings (SSSR count). The molecule has 0 aliphatic heterocycles. The van der Waals surface area contributed by atoms with E-state index in [4.69, 9.17) is 5.14 Å². The van der Waals surface area contributed by atoms with E-state index in [1.165, 1.54) is 12.1 Å². The quantitative estimate of drug-likeness (QED) is 0.648. The largest absolute Gasteiger partial charge is 0.373 e. The topological polar surface area (TPSA) is 115 Å². The van der Waals surface area contributed by atoms with Crippen molar-refractivity contribution in [2.75, 3.05) is 5.32 Å². The van der Waals surface area contributed by atoms with Gasteiger partial charge < -0.3 is 5.32 Å². The van der Waals surface area contributed by atoms with E-state index in [2.05, 4.69) is 5.32 Å². The average molecular weight is 321 g/mol. The predicted octanol–water partition coefficient (Wildman–Crippen LogP) is 2.42. The Bertz CT molecular complexity index is 791. The van der Waals surface area contributed by atoms with Crippen LogP contribution in [-0.2, 0) is 10.0 Å². The second-order valence-corrected chi connectivity index (χ2v) is 6.32. The molecule has 0 heterocycles. The fraction of sp³-hybridized carbons (Fsp3) is 0.143. The van der Waals surface area contributed by atoms with Gasteiger partial charge in [-0.1, -0.05) is 30.3 Å². The standard InChI is InChI=1S/C14H15N3O4S/c1-10(11-5-3-2-4-6-11)16-13-8-7-12(22(15,20)21)9-14(13)17(18)19/h2-10,16H,1H3,(H2,15,20,21)/t10-/m0/s1. The zero-order chi connectivity index (χ0) is 16.3. The number of nitro benzene ring substituents is 1. The molecule has 0 saturated heterocycles. The van der Waals surface area contributed by atoms with Crippen molar-refractivity contribution in [3.8, 4) is 0 Å². The predicted molar refractivity (Wildman–Crippen MR) is 82.9 cm³/mol. The molecule has 0 unspecified atom stereocenters. The number of hydrogen-bond acceptors (Lipinski definition) is 5. The van der Waals surface area contributed by atoms with Gasteiger partial charge in [0.2, 0.25) is 10.0 Å². The van der Waals surface area contributed by atoms with Gasteiger partial charge in [-0.25, -0.2) is 13.6 Å². The van der Waals surface area contributed by atoms with Crippen LogP contribution in [0.1, 0.15) is 18.5 Å². The van der Waals surface area contributed by atoms with E-state index in [1.54, 1.807) is 0 Å². The summed E-state index contributed by atoms with van der Waals surface area (Å²) in [5.74, 6) is 0. The number of hydrogen-bond donors (Lipinski definition) is 2. The molecule has 22 heavy (non-hydrogen) atoms. The fourth-order valence-electron chi connectivity index (χ4n) is 2.02. The second-order valence-electron chi connectivity index (χ2n) is 4.76. The van der Waals surface area contributed by atoms with Gasteiger partial charge in [-0.3, -0.25) is 10.1 Å². The maximum absolute atomic E-state index is 11.3. The summed E-state index contributed by atoms with van der Waals surface area (Å²) in [6.45, 7) is 1.85. The van der Waals surface area contributed by atoms with E-state index in [1.807, 2.05) is 37.3 Å². The number of benzene rings is 2. The van der Waals surface area contributed by atoms with Gasteiger partial charge in [0.15, 0.2) is 0 Å². The summed E-state index contributed by atoms with van der Waals surface area (Å²) in [5, 5.41) is 19.2. The maximum Gasteiger partial charge on any atom is 0.293 e. The molecule has 0 spiro atoms. The Balaban J connectivity index is 2.37. The lowest BCUT2D eigenvalue weighted by molar-refractivity contribution is -0.384. The SMILES string of the molecule is C[C@H](Nc1ccc(S(N)(=O)=O)cc1[N+](=O)[O-])c1ccccc1. The molecule has 0 aromatic heterocycles. The van der Waals surface area contributed by atoms with Crippen LogP contribution in [0.4, 0.5) is 11.4 Å². The molecule has 2 aromatic rings. The molecule has 116 valence electrons. The highest BCUT2D eigenvalue weighted by atomic mass is 32.2. The number of anilines is 1. The zero-order valence-electron chi connectivity index (χ0n) is 11.8. The van der Waals surface area contributed by atoms with Crippen molar-refractivity contribution >= 4 is 21.4 Å². The molecule has 0 bridgehead atoms. The summed E-state index contributed by atoms with van der Waals surface area (Å²) in [4.78, 5) is 10.2. The minimum absolute atomic E-state index is 0.180. The molecule has 0 radical (unpaired) electrons. The molecule has 1 atom stereocenters. The van der Waals surface area contributed by atoms with Gasteiger partial charge in [-0.05, 0) is 24.6 Å². The Labute approximate surface area is 128 Å². The van der Waals surface area contributed by atoms with Gasteiger partial charge in [0, 0.05) is 12.1 Å². The second kappa shape index (κ2) is 6.12. The summed E-state index contributed by atoms with van der Waals surface area (Å²) < 4.78 is 22.6. The van der Waals surface area contributed by atoms with Gasteiger partial charge in [-0.15, -0.1) is 0 Å². The Kier molecular flexibility index (Phi) is 4.43. The van der Waals surface area contributed by atoms with Crippen LogP contribution < -0.4 is 10.5 Å². The van der Waals surface area contributed by atoms with Crippen LogP contribution in [0.5, 0.6) is 0 Å². The normalized spacial score (nSPS) is 12.6. The highest BCUT2D eigenvalue weighted by Crippen LogP contribution is 2.30. The smallest absolute Gasteiger partial charge is 0.293 e. The van der Waals surface area contributed by atoms with E-state index < -0.39 is 14.9 Å². The molecule has 0 saturated carbocycles. The van der Waals surface area contributed by atoms with E-state index >= 15 is 0 Å². The summed E-state index contributed by atoms with van der Waals surface area (Å²) in [7, 11) is -3.99. The van der Waals surface area contributed by atoms with Crippen LogP contribution in [0.25, 0.3) is 0 Å². The summed E-state index contributed by atoms with van der Waals surface area (Å²) in [6, 6.07) is 12.7. The van der Waals surface area contributed by atoms with Crippen LogP contribution >= 0.6 is 0 Å². The summed E-state index contributed by atoms with van der Waals surface area (Å²) in [5.41, 5.74) is 0.843. The molecule has 7 nitrogen and oxygen atoms in total. The highest BCUT2D eigenvalue weighted by Gasteiger charge is 2.20. The zero-order valence-corrected chi connectivity index (χ0v) is 12.6. The van der Waals surface area contributed by atoms with Crippen LogP contribution in [0.15, 0.2) is 53.4 Å². The monoisotopic (exact) mass is 321 g/mol. The van der Waals surface area contributed by atoms with Crippen molar-refractivity contribution in [3.63, 3.8) is 0 Å². The third-order valence-electron chi connectivity index (χ3n) is 3.17. The van der Waals surface area contributed by atoms with E-state index in [-0.39, 0.29) is 22.3 Å². The first-order chi connectivity index (χ1) is 10.3. The molecule has 0 amide bonds. The van der Waals surface area contributed by atoms with Crippen molar-refractivity contribution in [2.24, 2.45) is 5.14 Å². The number of nitro groups is 1. The lowest BCUT2D eigenvalue weighted by Crippen LogP contribution is -2.13. The van der Waals surface area contributed by atoms with Crippen molar-refractivity contribution in [3.05, 3.63) is 64.2 Å². The average Bonchev–Trinajstić information content (AvgIpc) is 2.47. The van der Waals surface area contributed by atoms with Crippen molar-refractivity contribution in [2.45, 2.75) is 17.9 Å². The van der Waals surface area contributed by atoms with Crippen LogP contribution in [0.3, 0.4) is 0 Å². The number of sulfonamides is 1. The van der Waals surface area contributed by atoms with E-state index in [9.17, 15) is 18.5 Å². The molecular formula is C14H15N3O4S. The van der Waals surface area contributed by atoms with Crippen LogP contribution in [0, 0.1) is 10.1 Å². The minimum atomic E-state index is -3.99. The molecule has 2 aromatic carbocycles. The third-order valence-corrected chi connectivity index (χ3v) is 4.08. The molecule has 0 aliphatic rings. The number of nitrogens with one attached hydrogen (secondary N) is 1. The number of primary sulfonamides is 1. The van der Waals surface area contributed by atoms with Crippen molar-refractivity contribution < 1.29 is 13.3 Å². The Hall–Kier alpha value is -2.45. The molecule has 0 fully saturated rings. The highest BCUT2D eigenvalue weighted by molar-refractivity contribution is 7.89. The molecule has 8 heteroatoms. The van der Waals surface area contributed by atoms with Gasteiger partial charge in [-0.2, -0.15) is 0 Å². The van der Waals surface area contributed by atoms with Gasteiger partial charge in [0.1, 0.15) is 5.69 Å². The number of nitrogens with two attached hydrogens (primary N) is 1. The lowest BCUT2D eigenvalue weighted by Gasteiger charge is -2.16. The van der Waals surface area contributed by atoms with E-state index in [0.29, 0.717) is 0 Å².